The first-order chi connectivity index (χ1) is 5.86. The van der Waals surface area contributed by atoms with Crippen LogP contribution in [0.25, 0.3) is 0 Å². The first-order valence-corrected chi connectivity index (χ1v) is 4.34. The summed E-state index contributed by atoms with van der Waals surface area (Å²) in [5, 5.41) is 0. The summed E-state index contributed by atoms with van der Waals surface area (Å²) in [6, 6.07) is 0. The number of hydrogen-bond donors (Lipinski definition) is 0. The van der Waals surface area contributed by atoms with E-state index in [0.29, 0.717) is 6.61 Å². The van der Waals surface area contributed by atoms with Gasteiger partial charge in [-0.2, -0.15) is 0 Å². The van der Waals surface area contributed by atoms with Crippen molar-refractivity contribution in [3.63, 3.8) is 0 Å². The number of cyclic esters (lactones) is 1. The molecule has 4 heteroatoms. The van der Waals surface area contributed by atoms with Gasteiger partial charge < -0.3 is 14.2 Å². The first kappa shape index (κ1) is 5.94. The number of carbonyl (C=O) groups excluding carboxylic acids is 1. The summed E-state index contributed by atoms with van der Waals surface area (Å²) in [6.07, 6.45) is 0.657. The zero-order chi connectivity index (χ0) is 7.87. The molecule has 4 fully saturated rings. The lowest BCUT2D eigenvalue weighted by Gasteiger charge is -2.11. The Morgan fingerprint density at radius 1 is 1.08 bits per heavy atom. The molecule has 4 nitrogen and oxygen atoms in total. The van der Waals surface area contributed by atoms with Gasteiger partial charge in [0.15, 0.2) is 0 Å². The van der Waals surface area contributed by atoms with Crippen LogP contribution < -0.4 is 0 Å². The summed E-state index contributed by atoms with van der Waals surface area (Å²) in [6.45, 7) is 0.539. The van der Waals surface area contributed by atoms with Crippen LogP contribution in [0.1, 0.15) is 0 Å². The first-order valence-electron chi connectivity index (χ1n) is 4.34. The van der Waals surface area contributed by atoms with Crippen molar-refractivity contribution in [1.29, 1.82) is 0 Å². The van der Waals surface area contributed by atoms with E-state index in [-0.39, 0.29) is 42.2 Å². The van der Waals surface area contributed by atoms with Crippen LogP contribution in [0.3, 0.4) is 0 Å². The second-order valence-electron chi connectivity index (χ2n) is 3.95. The Labute approximate surface area is 68.8 Å². The maximum atomic E-state index is 11.3. The van der Waals surface area contributed by atoms with Crippen molar-refractivity contribution in [3.8, 4) is 0 Å². The van der Waals surface area contributed by atoms with E-state index in [1.165, 1.54) is 0 Å². The lowest BCUT2D eigenvalue weighted by molar-refractivity contribution is -0.145. The zero-order valence-electron chi connectivity index (χ0n) is 6.30. The van der Waals surface area contributed by atoms with Crippen molar-refractivity contribution in [3.05, 3.63) is 0 Å². The molecule has 0 saturated carbocycles. The molecule has 0 aromatic heterocycles. The number of rotatable bonds is 0. The van der Waals surface area contributed by atoms with Gasteiger partial charge in [-0.25, -0.2) is 0 Å². The molecule has 0 radical (unpaired) electrons. The minimum absolute atomic E-state index is 0.0139. The lowest BCUT2D eigenvalue weighted by atomic mass is 9.81. The molecule has 0 spiro atoms. The quantitative estimate of drug-likeness (QED) is 0.355. The van der Waals surface area contributed by atoms with Crippen LogP contribution in [0.15, 0.2) is 0 Å². The predicted molar refractivity (Wildman–Crippen MR) is 35.3 cm³/mol. The molecule has 64 valence electrons. The molecule has 4 rings (SSSR count). The van der Waals surface area contributed by atoms with Crippen LogP contribution in [-0.2, 0) is 19.0 Å². The second-order valence-corrected chi connectivity index (χ2v) is 3.95. The molecular formula is C8H8O4. The van der Waals surface area contributed by atoms with Gasteiger partial charge >= 0.3 is 5.97 Å². The van der Waals surface area contributed by atoms with Crippen molar-refractivity contribution in [2.24, 2.45) is 11.8 Å². The minimum Gasteiger partial charge on any atom is -0.465 e. The molecule has 4 heterocycles. The van der Waals surface area contributed by atoms with Gasteiger partial charge in [0.25, 0.3) is 0 Å². The smallest absolute Gasteiger partial charge is 0.312 e. The van der Waals surface area contributed by atoms with Gasteiger partial charge in [0.2, 0.25) is 0 Å². The lowest BCUT2D eigenvalue weighted by Crippen LogP contribution is -2.33. The highest BCUT2D eigenvalue weighted by Gasteiger charge is 2.72. The van der Waals surface area contributed by atoms with E-state index in [9.17, 15) is 4.79 Å². The van der Waals surface area contributed by atoms with Crippen molar-refractivity contribution in [2.45, 2.75) is 24.4 Å². The fraction of sp³-hybridized carbons (Fsp3) is 0.875. The van der Waals surface area contributed by atoms with Crippen LogP contribution >= 0.6 is 0 Å². The number of epoxide rings is 1. The number of carbonyl (C=O) groups is 1. The van der Waals surface area contributed by atoms with Crippen LogP contribution in [0, 0.1) is 11.8 Å². The van der Waals surface area contributed by atoms with Gasteiger partial charge in [-0.15, -0.1) is 0 Å². The SMILES string of the molecule is O=C1OC[C@H]2[C@H]3O[C@@H]([C@@H]4O[C@@H]43)[C@@H]12. The summed E-state index contributed by atoms with van der Waals surface area (Å²) in [7, 11) is 0. The molecule has 4 saturated heterocycles. The van der Waals surface area contributed by atoms with E-state index in [1.54, 1.807) is 0 Å². The van der Waals surface area contributed by atoms with Gasteiger partial charge in [0.1, 0.15) is 18.3 Å². The largest absolute Gasteiger partial charge is 0.465 e. The minimum atomic E-state index is -0.0820. The summed E-state index contributed by atoms with van der Waals surface area (Å²) >= 11 is 0. The molecule has 4 aliphatic rings. The summed E-state index contributed by atoms with van der Waals surface area (Å²) in [5.74, 6) is 0.187. The molecule has 0 amide bonds. The Bertz CT molecular complexity index is 274. The van der Waals surface area contributed by atoms with Crippen LogP contribution in [0.4, 0.5) is 0 Å². The Hall–Kier alpha value is -0.610. The third kappa shape index (κ3) is 0.448. The molecule has 4 aliphatic heterocycles. The topological polar surface area (TPSA) is 48.1 Å². The highest BCUT2D eigenvalue weighted by molar-refractivity contribution is 5.77. The van der Waals surface area contributed by atoms with Gasteiger partial charge in [-0.3, -0.25) is 4.79 Å². The van der Waals surface area contributed by atoms with Crippen LogP contribution in [0.5, 0.6) is 0 Å². The van der Waals surface area contributed by atoms with Crippen molar-refractivity contribution in [1.82, 2.24) is 0 Å². The van der Waals surface area contributed by atoms with Crippen molar-refractivity contribution in [2.75, 3.05) is 6.61 Å². The highest BCUT2D eigenvalue weighted by atomic mass is 16.7. The van der Waals surface area contributed by atoms with E-state index in [1.807, 2.05) is 0 Å². The molecule has 0 aromatic rings. The summed E-state index contributed by atoms with van der Waals surface area (Å²) in [5.41, 5.74) is 0. The van der Waals surface area contributed by atoms with Gasteiger partial charge in [0.05, 0.1) is 18.6 Å². The Morgan fingerprint density at radius 3 is 2.75 bits per heavy atom. The zero-order valence-corrected chi connectivity index (χ0v) is 6.30. The Morgan fingerprint density at radius 2 is 1.83 bits per heavy atom. The summed E-state index contributed by atoms with van der Waals surface area (Å²) < 4.78 is 16.0. The highest BCUT2D eigenvalue weighted by Crippen LogP contribution is 2.55. The fourth-order valence-corrected chi connectivity index (χ4v) is 2.86. The standard InChI is InChI=1S/C8H8O4/c9-8-3-2(1-10-8)4-6-7(12-6)5(3)11-4/h2-7H,1H2/t2-,3+,4-,5-,6-,7+/m1/s1. The Balaban J connectivity index is 1.80. The van der Waals surface area contributed by atoms with E-state index >= 15 is 0 Å². The van der Waals surface area contributed by atoms with Gasteiger partial charge in [-0.05, 0) is 0 Å². The maximum absolute atomic E-state index is 11.3. The maximum Gasteiger partial charge on any atom is 0.312 e. The second kappa shape index (κ2) is 1.54. The number of ether oxygens (including phenoxy) is 3. The third-order valence-corrected chi connectivity index (χ3v) is 3.45. The average Bonchev–Trinajstić information content (AvgIpc) is 2.50. The van der Waals surface area contributed by atoms with E-state index in [0.717, 1.165) is 0 Å². The predicted octanol–water partition coefficient (Wildman–Crippen LogP) is -0.676. The van der Waals surface area contributed by atoms with E-state index in [2.05, 4.69) is 0 Å². The van der Waals surface area contributed by atoms with E-state index in [4.69, 9.17) is 14.2 Å². The average molecular weight is 168 g/mol. The van der Waals surface area contributed by atoms with Crippen molar-refractivity contribution >= 4 is 5.97 Å². The molecule has 0 N–H and O–H groups in total. The van der Waals surface area contributed by atoms with Crippen molar-refractivity contribution < 1.29 is 19.0 Å². The van der Waals surface area contributed by atoms with Gasteiger partial charge in [0, 0.05) is 5.92 Å². The normalized spacial score (nSPS) is 64.5. The van der Waals surface area contributed by atoms with E-state index < -0.39 is 0 Å². The van der Waals surface area contributed by atoms with Gasteiger partial charge in [-0.1, -0.05) is 0 Å². The molecule has 0 aromatic carbocycles. The molecule has 0 unspecified atom stereocenters. The number of fused-ring (bicyclic) bond motifs is 8. The molecule has 6 atom stereocenters. The Kier molecular flexibility index (Phi) is 0.762. The summed E-state index contributed by atoms with van der Waals surface area (Å²) in [4.78, 5) is 11.3. The molecular weight excluding hydrogens is 160 g/mol. The monoisotopic (exact) mass is 168 g/mol. The van der Waals surface area contributed by atoms with Crippen LogP contribution in [-0.4, -0.2) is 37.0 Å². The molecule has 12 heavy (non-hydrogen) atoms. The third-order valence-electron chi connectivity index (χ3n) is 3.45. The number of hydrogen-bond acceptors (Lipinski definition) is 4. The van der Waals surface area contributed by atoms with Crippen LogP contribution in [0.2, 0.25) is 0 Å². The molecule has 2 bridgehead atoms. The fourth-order valence-electron chi connectivity index (χ4n) is 2.86. The molecule has 0 aliphatic carbocycles. The number of esters is 1.